The minimum Gasteiger partial charge on any atom is -0.382 e. The molecule has 2 aromatic carbocycles. The highest BCUT2D eigenvalue weighted by Crippen LogP contribution is 2.34. The first-order chi connectivity index (χ1) is 20.4. The van der Waals surface area contributed by atoms with Crippen molar-refractivity contribution in [3.05, 3.63) is 102 Å². The predicted molar refractivity (Wildman–Crippen MR) is 161 cm³/mol. The van der Waals surface area contributed by atoms with Gasteiger partial charge in [0.1, 0.15) is 17.7 Å². The number of amides is 2. The number of carbonyl (C=O) groups excluding carboxylic acids is 1. The number of hydrogen-bond acceptors (Lipinski definition) is 7. The lowest BCUT2D eigenvalue weighted by molar-refractivity contribution is 0.122. The fraction of sp³-hybridized carbons (Fsp3) is 0.226. The topological polar surface area (TPSA) is 117 Å². The van der Waals surface area contributed by atoms with Crippen molar-refractivity contribution in [1.82, 2.24) is 29.4 Å². The zero-order chi connectivity index (χ0) is 29.1. The molecule has 0 bridgehead atoms. The Balaban J connectivity index is 1.17. The number of nitrogens with zero attached hydrogens (tertiary/aromatic N) is 6. The molecule has 0 atom stereocenters. The summed E-state index contributed by atoms with van der Waals surface area (Å²) < 4.78 is 15.9. The predicted octanol–water partition coefficient (Wildman–Crippen LogP) is 4.78. The molecule has 0 aliphatic carbocycles. The largest absolute Gasteiger partial charge is 0.382 e. The van der Waals surface area contributed by atoms with Crippen molar-refractivity contribution < 1.29 is 9.18 Å². The molecule has 1 aliphatic rings. The summed E-state index contributed by atoms with van der Waals surface area (Å²) in [6, 6.07) is 15.7. The lowest BCUT2D eigenvalue weighted by atomic mass is 10.0. The molecule has 5 aromatic rings. The summed E-state index contributed by atoms with van der Waals surface area (Å²) in [5.74, 6) is -0.0932. The molecule has 214 valence electrons. The van der Waals surface area contributed by atoms with Crippen LogP contribution in [-0.2, 0) is 13.1 Å². The van der Waals surface area contributed by atoms with E-state index in [9.17, 15) is 9.18 Å². The number of halogens is 1. The van der Waals surface area contributed by atoms with Crippen LogP contribution in [0.15, 0.2) is 79.5 Å². The first-order valence-electron chi connectivity index (χ1n) is 13.8. The van der Waals surface area contributed by atoms with E-state index in [4.69, 9.17) is 5.73 Å². The maximum absolute atomic E-state index is 14.1. The molecule has 3 aromatic heterocycles. The third-order valence-electron chi connectivity index (χ3n) is 7.50. The molecule has 42 heavy (non-hydrogen) atoms. The van der Waals surface area contributed by atoms with E-state index in [1.807, 2.05) is 49.8 Å². The summed E-state index contributed by atoms with van der Waals surface area (Å²) in [6.07, 6.45) is 7.14. The van der Waals surface area contributed by atoms with E-state index < -0.39 is 11.8 Å². The maximum atomic E-state index is 14.1. The van der Waals surface area contributed by atoms with Crippen LogP contribution in [0.1, 0.15) is 16.7 Å². The van der Waals surface area contributed by atoms with Crippen molar-refractivity contribution >= 4 is 28.7 Å². The van der Waals surface area contributed by atoms with Crippen LogP contribution in [0.2, 0.25) is 0 Å². The zero-order valence-electron chi connectivity index (χ0n) is 23.3. The van der Waals surface area contributed by atoms with Crippen LogP contribution in [0.5, 0.6) is 0 Å². The van der Waals surface area contributed by atoms with E-state index >= 15 is 0 Å². The Bertz CT molecular complexity index is 1700. The molecule has 0 saturated carbocycles. The number of urea groups is 1. The van der Waals surface area contributed by atoms with Crippen LogP contribution in [-0.4, -0.2) is 61.6 Å². The summed E-state index contributed by atoms with van der Waals surface area (Å²) in [5.41, 5.74) is 12.9. The van der Waals surface area contributed by atoms with Crippen LogP contribution in [0.4, 0.5) is 26.4 Å². The smallest absolute Gasteiger partial charge is 0.323 e. The number of fused-ring (bicyclic) bond motifs is 1. The van der Waals surface area contributed by atoms with Gasteiger partial charge in [0, 0.05) is 69.1 Å². The molecular weight excluding hydrogens is 533 g/mol. The first kappa shape index (κ1) is 27.3. The summed E-state index contributed by atoms with van der Waals surface area (Å²) in [4.78, 5) is 25.8. The summed E-state index contributed by atoms with van der Waals surface area (Å²) in [7, 11) is 0. The number of aryl methyl sites for hydroxylation is 1. The Morgan fingerprint density at radius 2 is 1.67 bits per heavy atom. The van der Waals surface area contributed by atoms with Crippen LogP contribution in [0.3, 0.4) is 0 Å². The molecule has 0 unspecified atom stereocenters. The van der Waals surface area contributed by atoms with Crippen molar-refractivity contribution in [3.8, 4) is 11.1 Å². The molecule has 6 rings (SSSR count). The third-order valence-corrected chi connectivity index (χ3v) is 7.50. The standard InChI is InChI=1S/C31H32FN9O/c1-21-2-7-26(32)27(16-21)38-31(42)37-25-5-3-23(4-6-25)28-24(19-41-29(28)30(33)35-20-36-41)18-40-14-12-39(13-15-40)17-22-8-10-34-11-9-22/h2-11,16,19-20H,12-15,17-18H2,1H3,(H2,33,35,36)(H2,37,38,42). The highest BCUT2D eigenvalue weighted by atomic mass is 19.1. The minimum atomic E-state index is -0.525. The Morgan fingerprint density at radius 3 is 2.40 bits per heavy atom. The molecule has 4 heterocycles. The average Bonchev–Trinajstić information content (AvgIpc) is 3.36. The monoisotopic (exact) mass is 565 g/mol. The van der Waals surface area contributed by atoms with Crippen molar-refractivity contribution in [1.29, 1.82) is 0 Å². The van der Waals surface area contributed by atoms with Crippen molar-refractivity contribution in [2.75, 3.05) is 42.5 Å². The first-order valence-corrected chi connectivity index (χ1v) is 13.8. The number of piperazine rings is 1. The summed E-state index contributed by atoms with van der Waals surface area (Å²) >= 11 is 0. The quantitative estimate of drug-likeness (QED) is 0.260. The molecule has 1 fully saturated rings. The molecule has 4 N–H and O–H groups in total. The number of rotatable bonds is 7. The van der Waals surface area contributed by atoms with E-state index in [0.717, 1.165) is 67.0 Å². The van der Waals surface area contributed by atoms with Gasteiger partial charge in [-0.15, -0.1) is 0 Å². The number of nitrogens with one attached hydrogen (secondary N) is 2. The number of aromatic nitrogens is 4. The van der Waals surface area contributed by atoms with E-state index in [-0.39, 0.29) is 5.69 Å². The van der Waals surface area contributed by atoms with Crippen LogP contribution in [0, 0.1) is 12.7 Å². The number of anilines is 3. The molecule has 0 radical (unpaired) electrons. The average molecular weight is 566 g/mol. The van der Waals surface area contributed by atoms with Crippen LogP contribution in [0.25, 0.3) is 16.6 Å². The van der Waals surface area contributed by atoms with Gasteiger partial charge in [0.15, 0.2) is 5.82 Å². The Hall–Kier alpha value is -4.87. The maximum Gasteiger partial charge on any atom is 0.323 e. The summed E-state index contributed by atoms with van der Waals surface area (Å²) in [5, 5.41) is 9.75. The van der Waals surface area contributed by atoms with Gasteiger partial charge in [-0.05, 0) is 65.6 Å². The lowest BCUT2D eigenvalue weighted by Gasteiger charge is -2.34. The second-order valence-corrected chi connectivity index (χ2v) is 10.5. The van der Waals surface area contributed by atoms with E-state index in [1.54, 1.807) is 16.6 Å². The van der Waals surface area contributed by atoms with Gasteiger partial charge in [0.05, 0.1) is 5.69 Å². The van der Waals surface area contributed by atoms with E-state index in [1.165, 1.54) is 18.0 Å². The second-order valence-electron chi connectivity index (χ2n) is 10.5. The molecule has 11 heteroatoms. The minimum absolute atomic E-state index is 0.128. The Labute approximate surface area is 243 Å². The van der Waals surface area contributed by atoms with Crippen molar-refractivity contribution in [2.24, 2.45) is 0 Å². The Morgan fingerprint density at radius 1 is 0.952 bits per heavy atom. The number of nitrogen functional groups attached to an aromatic ring is 1. The van der Waals surface area contributed by atoms with Gasteiger partial charge < -0.3 is 16.4 Å². The number of pyridine rings is 1. The lowest BCUT2D eigenvalue weighted by Crippen LogP contribution is -2.45. The van der Waals surface area contributed by atoms with E-state index in [2.05, 4.69) is 47.6 Å². The molecule has 10 nitrogen and oxygen atoms in total. The molecule has 0 spiro atoms. The van der Waals surface area contributed by atoms with Crippen LogP contribution < -0.4 is 16.4 Å². The fourth-order valence-corrected chi connectivity index (χ4v) is 5.36. The third kappa shape index (κ3) is 6.07. The van der Waals surface area contributed by atoms with Gasteiger partial charge in [-0.25, -0.2) is 18.7 Å². The van der Waals surface area contributed by atoms with Crippen molar-refractivity contribution in [3.63, 3.8) is 0 Å². The molecule has 1 saturated heterocycles. The van der Waals surface area contributed by atoms with Gasteiger partial charge >= 0.3 is 6.03 Å². The fourth-order valence-electron chi connectivity index (χ4n) is 5.36. The highest BCUT2D eigenvalue weighted by molar-refractivity contribution is 6.00. The molecule has 1 aliphatic heterocycles. The molecular formula is C31H32FN9O. The van der Waals surface area contributed by atoms with Gasteiger partial charge in [-0.3, -0.25) is 14.8 Å². The molecule has 2 amide bonds. The second kappa shape index (κ2) is 11.9. The number of nitrogens with two attached hydrogens (primary N) is 1. The number of carbonyl (C=O) groups is 1. The SMILES string of the molecule is Cc1ccc(F)c(NC(=O)Nc2ccc(-c3c(CN4CCN(Cc5ccncc5)CC4)cn4ncnc(N)c34)cc2)c1. The number of hydrogen-bond donors (Lipinski definition) is 3. The van der Waals surface area contributed by atoms with Gasteiger partial charge in [-0.1, -0.05) is 18.2 Å². The Kier molecular flexibility index (Phi) is 7.76. The van der Waals surface area contributed by atoms with Gasteiger partial charge in [0.25, 0.3) is 0 Å². The summed E-state index contributed by atoms with van der Waals surface area (Å²) in [6.45, 7) is 7.33. The number of benzene rings is 2. The van der Waals surface area contributed by atoms with Gasteiger partial charge in [-0.2, -0.15) is 5.10 Å². The van der Waals surface area contributed by atoms with E-state index in [0.29, 0.717) is 11.5 Å². The normalized spacial score (nSPS) is 14.2. The van der Waals surface area contributed by atoms with Gasteiger partial charge in [0.2, 0.25) is 0 Å². The van der Waals surface area contributed by atoms with Crippen LogP contribution >= 0.6 is 0 Å². The highest BCUT2D eigenvalue weighted by Gasteiger charge is 2.22. The zero-order valence-corrected chi connectivity index (χ0v) is 23.3. The van der Waals surface area contributed by atoms with Crippen molar-refractivity contribution in [2.45, 2.75) is 20.0 Å².